The number of likely N-dealkylation sites (tertiary alicyclic amines) is 1. The lowest BCUT2D eigenvalue weighted by atomic mass is 9.71. The Bertz CT molecular complexity index is 930. The van der Waals surface area contributed by atoms with Gasteiger partial charge >= 0.3 is 0 Å². The molecule has 2 saturated heterocycles. The van der Waals surface area contributed by atoms with E-state index < -0.39 is 0 Å². The van der Waals surface area contributed by atoms with Gasteiger partial charge in [-0.05, 0) is 69.0 Å². The molecule has 172 valence electrons. The van der Waals surface area contributed by atoms with Gasteiger partial charge in [0.15, 0.2) is 0 Å². The summed E-state index contributed by atoms with van der Waals surface area (Å²) >= 11 is 0. The maximum atomic E-state index is 13.0. The fourth-order valence-electron chi connectivity index (χ4n) is 4.74. The largest absolute Gasteiger partial charge is 0.396 e. The van der Waals surface area contributed by atoms with Gasteiger partial charge in [0, 0.05) is 38.3 Å². The fourth-order valence-corrected chi connectivity index (χ4v) is 4.74. The fraction of sp³-hybridized carbons (Fsp3) is 0.583. The number of nitrogens with zero attached hydrogens (tertiary/aromatic N) is 4. The van der Waals surface area contributed by atoms with Crippen LogP contribution < -0.4 is 10.2 Å². The molecule has 8 heteroatoms. The summed E-state index contributed by atoms with van der Waals surface area (Å²) in [5.74, 6) is 1.16. The van der Waals surface area contributed by atoms with E-state index in [2.05, 4.69) is 21.5 Å². The van der Waals surface area contributed by atoms with Crippen molar-refractivity contribution in [1.29, 1.82) is 0 Å². The van der Waals surface area contributed by atoms with E-state index in [1.165, 1.54) is 0 Å². The molecule has 2 amide bonds. The zero-order chi connectivity index (χ0) is 22.7. The Morgan fingerprint density at radius 1 is 1.38 bits per heavy atom. The summed E-state index contributed by atoms with van der Waals surface area (Å²) < 4.78 is 0. The molecule has 32 heavy (non-hydrogen) atoms. The van der Waals surface area contributed by atoms with Gasteiger partial charge < -0.3 is 15.1 Å². The average Bonchev–Trinajstić information content (AvgIpc) is 2.76. The van der Waals surface area contributed by atoms with Gasteiger partial charge in [-0.1, -0.05) is 12.1 Å². The van der Waals surface area contributed by atoms with E-state index in [-0.39, 0.29) is 23.1 Å². The van der Waals surface area contributed by atoms with Crippen LogP contribution in [0.2, 0.25) is 0 Å². The number of rotatable bonds is 6. The molecular formula is C24H33N5O3. The third-order valence-electron chi connectivity index (χ3n) is 6.84. The number of anilines is 1. The van der Waals surface area contributed by atoms with Gasteiger partial charge in [-0.2, -0.15) is 0 Å². The Morgan fingerprint density at radius 2 is 2.12 bits per heavy atom. The van der Waals surface area contributed by atoms with Crippen molar-refractivity contribution in [3.05, 3.63) is 29.5 Å². The van der Waals surface area contributed by atoms with Crippen LogP contribution in [0.4, 0.5) is 5.82 Å². The number of carbonyl (C=O) groups is 2. The molecule has 2 fully saturated rings. The Labute approximate surface area is 189 Å². The topological polar surface area (TPSA) is 87.1 Å². The quantitative estimate of drug-likeness (QED) is 0.318. The zero-order valence-electron chi connectivity index (χ0n) is 19.3. The molecule has 0 radical (unpaired) electrons. The number of nitrogens with one attached hydrogen (secondary N) is 1. The summed E-state index contributed by atoms with van der Waals surface area (Å²) in [5.41, 5.74) is 2.56. The van der Waals surface area contributed by atoms with Gasteiger partial charge in [0.2, 0.25) is 11.8 Å². The van der Waals surface area contributed by atoms with Crippen molar-refractivity contribution in [2.75, 3.05) is 44.7 Å². The number of piperidine rings is 1. The Balaban J connectivity index is 1.39. The van der Waals surface area contributed by atoms with Crippen LogP contribution in [0.3, 0.4) is 0 Å². The first kappa shape index (κ1) is 22.5. The van der Waals surface area contributed by atoms with Crippen molar-refractivity contribution in [1.82, 2.24) is 15.2 Å². The first-order chi connectivity index (χ1) is 15.4. The Hall–Kier alpha value is -2.74. The molecule has 1 N–H and O–H groups in total. The highest BCUT2D eigenvalue weighted by molar-refractivity contribution is 5.99. The smallest absolute Gasteiger partial charge is 0.246 e. The number of hydrogen-bond donors (Lipinski definition) is 1. The first-order valence-corrected chi connectivity index (χ1v) is 11.5. The second-order valence-corrected chi connectivity index (χ2v) is 9.16. The van der Waals surface area contributed by atoms with Gasteiger partial charge in [0.05, 0.1) is 11.1 Å². The van der Waals surface area contributed by atoms with Crippen LogP contribution in [0.15, 0.2) is 23.5 Å². The van der Waals surface area contributed by atoms with Crippen LogP contribution in [0, 0.1) is 11.3 Å². The van der Waals surface area contributed by atoms with Crippen molar-refractivity contribution in [3.63, 3.8) is 0 Å². The third kappa shape index (κ3) is 4.41. The van der Waals surface area contributed by atoms with Gasteiger partial charge in [0.1, 0.15) is 12.4 Å². The summed E-state index contributed by atoms with van der Waals surface area (Å²) in [5, 5.41) is 7.48. The van der Waals surface area contributed by atoms with E-state index in [4.69, 9.17) is 4.84 Å². The lowest BCUT2D eigenvalue weighted by Crippen LogP contribution is -2.52. The monoisotopic (exact) mass is 439 g/mol. The van der Waals surface area contributed by atoms with Crippen LogP contribution in [0.1, 0.15) is 44.2 Å². The summed E-state index contributed by atoms with van der Waals surface area (Å²) in [7, 11) is 1.81. The molecule has 4 rings (SSSR count). The van der Waals surface area contributed by atoms with E-state index in [0.717, 1.165) is 55.0 Å². The Kier molecular flexibility index (Phi) is 6.60. The molecule has 0 atom stereocenters. The normalized spacial score (nSPS) is 21.1. The predicted molar refractivity (Wildman–Crippen MR) is 124 cm³/mol. The lowest BCUT2D eigenvalue weighted by molar-refractivity contribution is -0.131. The molecule has 1 spiro atoms. The summed E-state index contributed by atoms with van der Waals surface area (Å²) in [6, 6.07) is 2.07. The van der Waals surface area contributed by atoms with E-state index in [1.807, 2.05) is 31.9 Å². The molecular weight excluding hydrogens is 406 g/mol. The van der Waals surface area contributed by atoms with Crippen molar-refractivity contribution < 1.29 is 14.4 Å². The minimum atomic E-state index is -0.334. The number of carbonyl (C=O) groups excluding carboxylic acids is 2. The molecule has 3 aliphatic heterocycles. The van der Waals surface area contributed by atoms with Crippen LogP contribution in [0.25, 0.3) is 6.08 Å². The van der Waals surface area contributed by atoms with E-state index in [0.29, 0.717) is 26.1 Å². The highest BCUT2D eigenvalue weighted by Crippen LogP contribution is 2.42. The minimum absolute atomic E-state index is 0.0108. The lowest BCUT2D eigenvalue weighted by Gasteiger charge is -2.43. The molecule has 4 heterocycles. The second kappa shape index (κ2) is 9.40. The number of hydrogen-bond acceptors (Lipinski definition) is 6. The minimum Gasteiger partial charge on any atom is -0.396 e. The first-order valence-electron chi connectivity index (χ1n) is 11.5. The van der Waals surface area contributed by atoms with Crippen LogP contribution in [-0.4, -0.2) is 67.2 Å². The van der Waals surface area contributed by atoms with Crippen LogP contribution >= 0.6 is 0 Å². The molecule has 0 aromatic carbocycles. The molecule has 1 aromatic rings. The SMILES string of the molecule is CCCO/N=C(\C)C1CN(C(=O)/C=C/c2cnc3c(c2)CC2(CCNCC2)C(=O)N3C)C1. The highest BCUT2D eigenvalue weighted by atomic mass is 16.6. The molecule has 3 aliphatic rings. The zero-order valence-corrected chi connectivity index (χ0v) is 19.3. The van der Waals surface area contributed by atoms with Gasteiger partial charge in [-0.25, -0.2) is 4.98 Å². The summed E-state index contributed by atoms with van der Waals surface area (Å²) in [6.07, 6.45) is 8.49. The van der Waals surface area contributed by atoms with E-state index in [1.54, 1.807) is 17.2 Å². The van der Waals surface area contributed by atoms with Crippen molar-refractivity contribution in [3.8, 4) is 0 Å². The molecule has 0 bridgehead atoms. The summed E-state index contributed by atoms with van der Waals surface area (Å²) in [6.45, 7) is 7.67. The molecule has 0 aliphatic carbocycles. The number of oxime groups is 1. The van der Waals surface area contributed by atoms with Gasteiger partial charge in [-0.3, -0.25) is 14.5 Å². The number of fused-ring (bicyclic) bond motifs is 1. The highest BCUT2D eigenvalue weighted by Gasteiger charge is 2.46. The molecule has 1 aromatic heterocycles. The van der Waals surface area contributed by atoms with Crippen LogP contribution in [-0.2, 0) is 20.8 Å². The maximum Gasteiger partial charge on any atom is 0.246 e. The van der Waals surface area contributed by atoms with Crippen LogP contribution in [0.5, 0.6) is 0 Å². The maximum absolute atomic E-state index is 13.0. The molecule has 0 saturated carbocycles. The van der Waals surface area contributed by atoms with Crippen molar-refractivity contribution in [2.45, 2.75) is 39.5 Å². The van der Waals surface area contributed by atoms with Gasteiger partial charge in [0.25, 0.3) is 0 Å². The molecule has 8 nitrogen and oxygen atoms in total. The van der Waals surface area contributed by atoms with E-state index in [9.17, 15) is 9.59 Å². The van der Waals surface area contributed by atoms with E-state index >= 15 is 0 Å². The Morgan fingerprint density at radius 3 is 2.84 bits per heavy atom. The number of pyridine rings is 1. The number of aromatic nitrogens is 1. The summed E-state index contributed by atoms with van der Waals surface area (Å²) in [4.78, 5) is 38.8. The predicted octanol–water partition coefficient (Wildman–Crippen LogP) is 2.24. The standard InChI is InChI=1S/C24H33N5O3/c1-4-11-32-27-17(2)20-15-29(16-20)21(30)6-5-18-12-19-13-24(7-9-25-10-8-24)23(31)28(3)22(19)26-14-18/h5-6,12,14,20,25H,4,7-11,13,15-16H2,1-3H3/b6-5+,27-17+. The number of amides is 2. The van der Waals surface area contributed by atoms with Crippen molar-refractivity contribution >= 4 is 29.4 Å². The third-order valence-corrected chi connectivity index (χ3v) is 6.84. The average molecular weight is 440 g/mol. The molecule has 0 unspecified atom stereocenters. The van der Waals surface area contributed by atoms with Gasteiger partial charge in [-0.15, -0.1) is 0 Å². The second-order valence-electron chi connectivity index (χ2n) is 9.16. The van der Waals surface area contributed by atoms with Crippen molar-refractivity contribution in [2.24, 2.45) is 16.5 Å².